The molecule has 0 aromatic rings. The Morgan fingerprint density at radius 2 is 0.549 bits per heavy atom. The van der Waals surface area contributed by atoms with Gasteiger partial charge in [-0.05, 0) is 19.3 Å². The molecule has 0 saturated carbocycles. The maximum Gasteiger partial charge on any atom is 0.220 e. The van der Waals surface area contributed by atoms with Crippen LogP contribution in [0.25, 0.3) is 0 Å². The van der Waals surface area contributed by atoms with Gasteiger partial charge in [-0.15, -0.1) is 0 Å². The topological polar surface area (TPSA) is 307 Å². The lowest BCUT2D eigenvalue weighted by Gasteiger charge is -2.48. The zero-order valence-corrected chi connectivity index (χ0v) is 72.7. The van der Waals surface area contributed by atoms with Gasteiger partial charge in [0.05, 0.1) is 38.6 Å². The molecule has 0 aliphatic carbocycles. The molecule has 19 nitrogen and oxygen atoms in total. The Morgan fingerprint density at radius 1 is 0.310 bits per heavy atom. The van der Waals surface area contributed by atoms with E-state index in [4.69, 9.17) is 28.4 Å². The van der Waals surface area contributed by atoms with Crippen LogP contribution < -0.4 is 5.32 Å². The number of hydrogen-bond donors (Lipinski definition) is 12. The van der Waals surface area contributed by atoms with Crippen molar-refractivity contribution >= 4 is 5.91 Å². The van der Waals surface area contributed by atoms with Crippen LogP contribution in [0.3, 0.4) is 0 Å². The number of rotatable bonds is 81. The van der Waals surface area contributed by atoms with Gasteiger partial charge in [0.25, 0.3) is 0 Å². The van der Waals surface area contributed by atoms with E-state index in [0.717, 1.165) is 44.9 Å². The second kappa shape index (κ2) is 74.4. The number of carbonyl (C=O) groups is 1. The summed E-state index contributed by atoms with van der Waals surface area (Å²) in [6, 6.07) is -0.972. The summed E-state index contributed by atoms with van der Waals surface area (Å²) in [6.45, 7) is 1.83. The predicted octanol–water partition coefficient (Wildman–Crippen LogP) is 19.4. The van der Waals surface area contributed by atoms with Crippen LogP contribution in [0.5, 0.6) is 0 Å². The molecule has 17 atom stereocenters. The van der Waals surface area contributed by atoms with E-state index >= 15 is 0 Å². The Balaban J connectivity index is 1.30. The molecule has 3 fully saturated rings. The molecule has 0 bridgehead atoms. The summed E-state index contributed by atoms with van der Waals surface area (Å²) >= 11 is 0. The first-order chi connectivity index (χ1) is 55.3. The van der Waals surface area contributed by atoms with Gasteiger partial charge in [0.2, 0.25) is 5.91 Å². The van der Waals surface area contributed by atoms with Gasteiger partial charge in [-0.1, -0.05) is 437 Å². The smallest absolute Gasteiger partial charge is 0.220 e. The number of ether oxygens (including phenoxy) is 6. The third kappa shape index (κ3) is 52.5. The summed E-state index contributed by atoms with van der Waals surface area (Å²) in [5, 5.41) is 121. The van der Waals surface area contributed by atoms with Crippen molar-refractivity contribution in [1.82, 2.24) is 5.32 Å². The highest BCUT2D eigenvalue weighted by Gasteiger charge is 2.54. The van der Waals surface area contributed by atoms with Crippen LogP contribution in [0.4, 0.5) is 0 Å². The van der Waals surface area contributed by atoms with Gasteiger partial charge in [-0.3, -0.25) is 4.79 Å². The third-order valence-corrected chi connectivity index (χ3v) is 24.6. The van der Waals surface area contributed by atoms with Gasteiger partial charge in [-0.2, -0.15) is 0 Å². The number of carbonyl (C=O) groups excluding carboxylic acids is 1. The normalized spacial score (nSPS) is 24.8. The number of allylic oxidation sites excluding steroid dienone is 1. The van der Waals surface area contributed by atoms with Crippen molar-refractivity contribution in [3.63, 3.8) is 0 Å². The number of hydrogen-bond acceptors (Lipinski definition) is 18. The van der Waals surface area contributed by atoms with Crippen molar-refractivity contribution in [2.45, 2.75) is 555 Å². The fraction of sp³-hybridized carbons (Fsp3) is 0.968. The van der Waals surface area contributed by atoms with Crippen LogP contribution in [-0.4, -0.2) is 193 Å². The van der Waals surface area contributed by atoms with E-state index in [0.29, 0.717) is 6.42 Å². The summed E-state index contributed by atoms with van der Waals surface area (Å²) in [6.07, 6.45) is 66.8. The standard InChI is InChI=1S/C94H181NO18/c1-3-5-7-9-11-13-15-17-19-21-23-25-27-29-31-33-35-37-38-39-40-42-44-46-48-50-52-54-56-58-60-62-64-66-68-70-72-82(100)95-77(78(99)71-69-67-65-63-61-59-57-55-53-51-49-47-45-43-41-36-34-32-30-28-26-24-22-20-18-16-14-12-10-8-6-4-2)76-108-92-88(106)85(103)90(80(74-97)110-92)113-94-89(107)86(104)91(81(75-98)111-94)112-93-87(105)84(102)83(101)79(73-96)109-93/h69,71,77-81,83-94,96-99,101-107H,3-68,70,72-76H2,1-2H3,(H,95,100)/b71-69+. The largest absolute Gasteiger partial charge is 0.394 e. The summed E-state index contributed by atoms with van der Waals surface area (Å²) in [5.74, 6) is -0.264. The molecular formula is C94H181NO18. The van der Waals surface area contributed by atoms with Gasteiger partial charge in [0.1, 0.15) is 73.2 Å². The van der Waals surface area contributed by atoms with E-state index in [1.165, 1.54) is 379 Å². The first-order valence-electron chi connectivity index (χ1n) is 48.4. The van der Waals surface area contributed by atoms with Crippen molar-refractivity contribution in [2.24, 2.45) is 0 Å². The lowest BCUT2D eigenvalue weighted by Crippen LogP contribution is -2.66. The quantitative estimate of drug-likeness (QED) is 0.0199. The summed E-state index contributed by atoms with van der Waals surface area (Å²) in [7, 11) is 0. The van der Waals surface area contributed by atoms with Crippen LogP contribution in [0.2, 0.25) is 0 Å². The highest BCUT2D eigenvalue weighted by Crippen LogP contribution is 2.34. The molecule has 1 amide bonds. The van der Waals surface area contributed by atoms with Crippen LogP contribution in [0.15, 0.2) is 12.2 Å². The molecule has 3 rings (SSSR count). The molecule has 0 radical (unpaired) electrons. The van der Waals surface area contributed by atoms with E-state index in [1.807, 2.05) is 6.08 Å². The van der Waals surface area contributed by atoms with Crippen molar-refractivity contribution in [2.75, 3.05) is 26.4 Å². The summed E-state index contributed by atoms with van der Waals surface area (Å²) in [5.41, 5.74) is 0. The fourth-order valence-corrected chi connectivity index (χ4v) is 16.9. The summed E-state index contributed by atoms with van der Waals surface area (Å²) < 4.78 is 34.6. The first-order valence-corrected chi connectivity index (χ1v) is 48.4. The van der Waals surface area contributed by atoms with E-state index in [9.17, 15) is 61.0 Å². The molecule has 3 aliphatic rings. The minimum absolute atomic E-state index is 0.251. The molecule has 113 heavy (non-hydrogen) atoms. The average molecular weight is 1610 g/mol. The number of nitrogens with one attached hydrogen (secondary N) is 1. The predicted molar refractivity (Wildman–Crippen MR) is 457 cm³/mol. The van der Waals surface area contributed by atoms with E-state index in [-0.39, 0.29) is 18.9 Å². The Labute approximate surface area is 690 Å². The van der Waals surface area contributed by atoms with Crippen molar-refractivity contribution < 1.29 is 89.4 Å². The number of amides is 1. The molecule has 3 heterocycles. The average Bonchev–Trinajstić information content (AvgIpc) is 0.780. The van der Waals surface area contributed by atoms with Crippen LogP contribution in [-0.2, 0) is 33.2 Å². The molecule has 12 N–H and O–H groups in total. The molecule has 19 heteroatoms. The molecule has 0 aromatic heterocycles. The molecular weight excluding hydrogens is 1430 g/mol. The molecule has 670 valence electrons. The van der Waals surface area contributed by atoms with Gasteiger partial charge >= 0.3 is 0 Å². The van der Waals surface area contributed by atoms with Gasteiger partial charge in [0.15, 0.2) is 18.9 Å². The molecule has 3 aliphatic heterocycles. The Hall–Kier alpha value is -1.47. The minimum Gasteiger partial charge on any atom is -0.394 e. The summed E-state index contributed by atoms with van der Waals surface area (Å²) in [4.78, 5) is 13.5. The van der Waals surface area contributed by atoms with Crippen molar-refractivity contribution in [3.8, 4) is 0 Å². The van der Waals surface area contributed by atoms with Crippen LogP contribution in [0, 0.1) is 0 Å². The SMILES string of the molecule is CCCCCCCCCCCCCCCCCCCCCCCCCCCCCCCC/C=C/C(O)C(COC1OC(CO)C(OC2OC(CO)C(OC3OC(CO)C(O)C(O)C3O)C(O)C2O)C(O)C1O)NC(=O)CCCCCCCCCCCCCCCCCCCCCCCCCCCCCCCCCCCCCC. The van der Waals surface area contributed by atoms with E-state index in [2.05, 4.69) is 19.2 Å². The Kier molecular flexibility index (Phi) is 69.6. The van der Waals surface area contributed by atoms with Crippen LogP contribution in [0.1, 0.15) is 450 Å². The number of aliphatic hydroxyl groups excluding tert-OH is 11. The second-order valence-corrected chi connectivity index (χ2v) is 34.9. The lowest BCUT2D eigenvalue weighted by atomic mass is 9.96. The van der Waals surface area contributed by atoms with E-state index < -0.39 is 124 Å². The highest BCUT2D eigenvalue weighted by atomic mass is 16.8. The second-order valence-electron chi connectivity index (χ2n) is 34.9. The number of unbranched alkanes of at least 4 members (excludes halogenated alkanes) is 65. The monoisotopic (exact) mass is 1610 g/mol. The maximum atomic E-state index is 13.5. The third-order valence-electron chi connectivity index (χ3n) is 24.6. The molecule has 3 saturated heterocycles. The molecule has 0 aromatic carbocycles. The van der Waals surface area contributed by atoms with Crippen molar-refractivity contribution in [3.05, 3.63) is 12.2 Å². The first kappa shape index (κ1) is 106. The highest BCUT2D eigenvalue weighted by molar-refractivity contribution is 5.76. The van der Waals surface area contributed by atoms with Crippen LogP contribution >= 0.6 is 0 Å². The van der Waals surface area contributed by atoms with Gasteiger partial charge in [0, 0.05) is 6.42 Å². The Bertz CT molecular complexity index is 2080. The van der Waals surface area contributed by atoms with Crippen molar-refractivity contribution in [1.29, 1.82) is 0 Å². The van der Waals surface area contributed by atoms with Gasteiger partial charge in [-0.25, -0.2) is 0 Å². The number of aliphatic hydroxyl groups is 11. The molecule has 17 unspecified atom stereocenters. The Morgan fingerprint density at radius 3 is 0.832 bits per heavy atom. The van der Waals surface area contributed by atoms with E-state index in [1.54, 1.807) is 6.08 Å². The fourth-order valence-electron chi connectivity index (χ4n) is 16.9. The maximum absolute atomic E-state index is 13.5. The zero-order valence-electron chi connectivity index (χ0n) is 72.7. The molecule has 0 spiro atoms. The minimum atomic E-state index is -1.98. The lowest BCUT2D eigenvalue weighted by molar-refractivity contribution is -0.379. The zero-order chi connectivity index (χ0) is 81.7. The van der Waals surface area contributed by atoms with Gasteiger partial charge < -0.3 is 89.9 Å².